The second kappa shape index (κ2) is 8.89. The molecule has 0 aliphatic heterocycles. The summed E-state index contributed by atoms with van der Waals surface area (Å²) in [6.45, 7) is 6.71. The molecule has 158 valence electrons. The van der Waals surface area contributed by atoms with Crippen LogP contribution in [0.2, 0.25) is 5.15 Å². The van der Waals surface area contributed by atoms with E-state index in [0.29, 0.717) is 5.15 Å². The van der Waals surface area contributed by atoms with Crippen LogP contribution in [0.5, 0.6) is 0 Å². The average Bonchev–Trinajstić information content (AvgIpc) is 3.14. The number of pyridine rings is 1. The second-order valence-electron chi connectivity index (χ2n) is 8.64. The summed E-state index contributed by atoms with van der Waals surface area (Å²) in [4.78, 5) is 10.6. The van der Waals surface area contributed by atoms with Gasteiger partial charge in [0.05, 0.1) is 5.69 Å². The zero-order valence-corrected chi connectivity index (χ0v) is 19.8. The van der Waals surface area contributed by atoms with Gasteiger partial charge in [0.1, 0.15) is 10.8 Å². The highest BCUT2D eigenvalue weighted by Crippen LogP contribution is 2.34. The lowest BCUT2D eigenvalue weighted by atomic mass is 9.87. The number of rotatable bonds is 5. The summed E-state index contributed by atoms with van der Waals surface area (Å²) in [7, 11) is 2.00. The van der Waals surface area contributed by atoms with E-state index >= 15 is 0 Å². The third-order valence-corrected chi connectivity index (χ3v) is 6.52. The van der Waals surface area contributed by atoms with Crippen molar-refractivity contribution >= 4 is 23.4 Å². The fraction of sp³-hybridized carbons (Fsp3) is 0.231. The Morgan fingerprint density at radius 3 is 2.29 bits per heavy atom. The van der Waals surface area contributed by atoms with E-state index in [9.17, 15) is 0 Å². The van der Waals surface area contributed by atoms with Gasteiger partial charge in [-0.15, -0.1) is 11.8 Å². The average molecular weight is 448 g/mol. The topological polar surface area (TPSA) is 30.7 Å². The first kappa shape index (κ1) is 21.7. The van der Waals surface area contributed by atoms with Crippen LogP contribution in [0.25, 0.3) is 22.8 Å². The summed E-state index contributed by atoms with van der Waals surface area (Å²) in [6, 6.07) is 22.9. The van der Waals surface area contributed by atoms with Crippen LogP contribution in [-0.4, -0.2) is 14.5 Å². The van der Waals surface area contributed by atoms with Crippen LogP contribution in [0.3, 0.4) is 0 Å². The molecule has 0 bridgehead atoms. The SMILES string of the molecule is Cn1cc(-c2ccccc2)nc1-c1nc(Cl)ccc1SCc1ccc(C(C)(C)C)cc1. The van der Waals surface area contributed by atoms with Crippen LogP contribution in [0.15, 0.2) is 77.8 Å². The number of imidazole rings is 1. The van der Waals surface area contributed by atoms with Gasteiger partial charge in [0.2, 0.25) is 0 Å². The van der Waals surface area contributed by atoms with Gasteiger partial charge in [-0.3, -0.25) is 0 Å². The van der Waals surface area contributed by atoms with E-state index in [1.54, 1.807) is 11.8 Å². The van der Waals surface area contributed by atoms with E-state index < -0.39 is 0 Å². The molecule has 3 nitrogen and oxygen atoms in total. The highest BCUT2D eigenvalue weighted by molar-refractivity contribution is 7.98. The number of halogens is 1. The molecule has 0 atom stereocenters. The molecule has 4 rings (SSSR count). The summed E-state index contributed by atoms with van der Waals surface area (Å²) < 4.78 is 2.02. The summed E-state index contributed by atoms with van der Waals surface area (Å²) in [5.41, 5.74) is 5.61. The van der Waals surface area contributed by atoms with E-state index in [0.717, 1.165) is 33.4 Å². The number of benzene rings is 2. The maximum atomic E-state index is 6.26. The summed E-state index contributed by atoms with van der Waals surface area (Å²) in [6.07, 6.45) is 2.03. The van der Waals surface area contributed by atoms with E-state index in [-0.39, 0.29) is 5.41 Å². The van der Waals surface area contributed by atoms with Crippen molar-refractivity contribution in [3.63, 3.8) is 0 Å². The van der Waals surface area contributed by atoms with Crippen LogP contribution < -0.4 is 0 Å². The largest absolute Gasteiger partial charge is 0.332 e. The molecular weight excluding hydrogens is 422 g/mol. The smallest absolute Gasteiger partial charge is 0.160 e. The van der Waals surface area contributed by atoms with Gasteiger partial charge >= 0.3 is 0 Å². The Balaban J connectivity index is 1.61. The predicted octanol–water partition coefficient (Wildman–Crippen LogP) is 7.39. The lowest BCUT2D eigenvalue weighted by molar-refractivity contribution is 0.590. The van der Waals surface area contributed by atoms with Crippen LogP contribution in [0.4, 0.5) is 0 Å². The molecule has 31 heavy (non-hydrogen) atoms. The van der Waals surface area contributed by atoms with Crippen LogP contribution in [0.1, 0.15) is 31.9 Å². The van der Waals surface area contributed by atoms with Crippen molar-refractivity contribution in [2.75, 3.05) is 0 Å². The van der Waals surface area contributed by atoms with E-state index in [4.69, 9.17) is 16.6 Å². The summed E-state index contributed by atoms with van der Waals surface area (Å²) in [5, 5.41) is 0.471. The van der Waals surface area contributed by atoms with Crippen LogP contribution >= 0.6 is 23.4 Å². The molecule has 0 saturated heterocycles. The third-order valence-electron chi connectivity index (χ3n) is 5.20. The molecule has 5 heteroatoms. The molecule has 0 fully saturated rings. The standard InChI is InChI=1S/C26H26ClN3S/c1-26(2,3)20-12-10-18(11-13-20)17-31-22-14-15-23(27)29-24(22)25-28-21(16-30(25)4)19-8-6-5-7-9-19/h5-16H,17H2,1-4H3. The first-order valence-corrected chi connectivity index (χ1v) is 11.7. The molecule has 0 aliphatic carbocycles. The lowest BCUT2D eigenvalue weighted by Crippen LogP contribution is -2.10. The van der Waals surface area contributed by atoms with Gasteiger partial charge in [0, 0.05) is 29.5 Å². The van der Waals surface area contributed by atoms with E-state index in [1.807, 2.05) is 48.1 Å². The predicted molar refractivity (Wildman–Crippen MR) is 132 cm³/mol. The number of nitrogens with zero attached hydrogens (tertiary/aromatic N) is 3. The van der Waals surface area contributed by atoms with Gasteiger partial charge in [-0.2, -0.15) is 0 Å². The molecule has 0 N–H and O–H groups in total. The van der Waals surface area contributed by atoms with Crippen LogP contribution in [-0.2, 0) is 18.2 Å². The Morgan fingerprint density at radius 2 is 1.61 bits per heavy atom. The molecule has 0 unspecified atom stereocenters. The molecule has 0 amide bonds. The minimum atomic E-state index is 0.160. The fourth-order valence-electron chi connectivity index (χ4n) is 3.40. The number of hydrogen-bond acceptors (Lipinski definition) is 3. The molecule has 0 radical (unpaired) electrons. The monoisotopic (exact) mass is 447 g/mol. The van der Waals surface area contributed by atoms with Gasteiger partial charge in [-0.05, 0) is 28.7 Å². The first-order chi connectivity index (χ1) is 14.8. The van der Waals surface area contributed by atoms with Crippen molar-refractivity contribution in [3.8, 4) is 22.8 Å². The Kier molecular flexibility index (Phi) is 6.22. The van der Waals surface area contributed by atoms with Crippen molar-refractivity contribution in [2.45, 2.75) is 36.8 Å². The van der Waals surface area contributed by atoms with Crippen LogP contribution in [0, 0.1) is 0 Å². The Morgan fingerprint density at radius 1 is 0.903 bits per heavy atom. The summed E-state index contributed by atoms with van der Waals surface area (Å²) in [5.74, 6) is 1.67. The Labute approximate surface area is 193 Å². The lowest BCUT2D eigenvalue weighted by Gasteiger charge is -2.19. The van der Waals surface area contributed by atoms with Gasteiger partial charge in [0.15, 0.2) is 5.82 Å². The molecule has 0 spiro atoms. The summed E-state index contributed by atoms with van der Waals surface area (Å²) >= 11 is 8.02. The highest BCUT2D eigenvalue weighted by atomic mass is 35.5. The zero-order chi connectivity index (χ0) is 22.0. The zero-order valence-electron chi connectivity index (χ0n) is 18.3. The first-order valence-electron chi connectivity index (χ1n) is 10.3. The third kappa shape index (κ3) is 5.03. The number of aromatic nitrogens is 3. The molecular formula is C26H26ClN3S. The minimum Gasteiger partial charge on any atom is -0.332 e. The van der Waals surface area contributed by atoms with Gasteiger partial charge in [-0.1, -0.05) is 87.0 Å². The van der Waals surface area contributed by atoms with Gasteiger partial charge in [0.25, 0.3) is 0 Å². The molecule has 0 saturated carbocycles. The number of aryl methyl sites for hydroxylation is 1. The number of thioether (sulfide) groups is 1. The van der Waals surface area contributed by atoms with Crippen molar-refractivity contribution in [2.24, 2.45) is 7.05 Å². The molecule has 4 aromatic rings. The molecule has 2 heterocycles. The van der Waals surface area contributed by atoms with Crippen molar-refractivity contribution in [3.05, 3.63) is 89.2 Å². The maximum absolute atomic E-state index is 6.26. The molecule has 2 aromatic carbocycles. The minimum absolute atomic E-state index is 0.160. The van der Waals surface area contributed by atoms with E-state index in [2.05, 4.69) is 62.2 Å². The Bertz CT molecular complexity index is 1180. The van der Waals surface area contributed by atoms with Crippen molar-refractivity contribution in [1.82, 2.24) is 14.5 Å². The number of hydrogen-bond donors (Lipinski definition) is 0. The quantitative estimate of drug-likeness (QED) is 0.236. The second-order valence-corrected chi connectivity index (χ2v) is 10.0. The molecule has 2 aromatic heterocycles. The Hall–Kier alpha value is -2.56. The molecule has 0 aliphatic rings. The van der Waals surface area contributed by atoms with Crippen molar-refractivity contribution < 1.29 is 0 Å². The highest BCUT2D eigenvalue weighted by Gasteiger charge is 2.17. The normalized spacial score (nSPS) is 11.6. The van der Waals surface area contributed by atoms with Gasteiger partial charge < -0.3 is 4.57 Å². The fourth-order valence-corrected chi connectivity index (χ4v) is 4.50. The van der Waals surface area contributed by atoms with Gasteiger partial charge in [-0.25, -0.2) is 9.97 Å². The van der Waals surface area contributed by atoms with E-state index in [1.165, 1.54) is 11.1 Å². The maximum Gasteiger partial charge on any atom is 0.160 e. The van der Waals surface area contributed by atoms with Crippen molar-refractivity contribution in [1.29, 1.82) is 0 Å².